The predicted molar refractivity (Wildman–Crippen MR) is 65.1 cm³/mol. The molecular formula is C13H26N2. The van der Waals surface area contributed by atoms with E-state index < -0.39 is 0 Å². The van der Waals surface area contributed by atoms with Crippen LogP contribution in [0.3, 0.4) is 0 Å². The molecule has 0 spiro atoms. The Hall–Kier alpha value is -0.0800. The predicted octanol–water partition coefficient (Wildman–Crippen LogP) is 2.39. The summed E-state index contributed by atoms with van der Waals surface area (Å²) in [7, 11) is 2.13. The molecule has 1 saturated carbocycles. The lowest BCUT2D eigenvalue weighted by atomic mass is 10.0. The fourth-order valence-corrected chi connectivity index (χ4v) is 3.32. The highest BCUT2D eigenvalue weighted by Crippen LogP contribution is 2.25. The van der Waals surface area contributed by atoms with Gasteiger partial charge < -0.3 is 5.32 Å². The summed E-state index contributed by atoms with van der Waals surface area (Å²) in [5.41, 5.74) is 0. The van der Waals surface area contributed by atoms with E-state index in [1.807, 2.05) is 0 Å². The second-order valence-electron chi connectivity index (χ2n) is 5.20. The second-order valence-corrected chi connectivity index (χ2v) is 5.20. The van der Waals surface area contributed by atoms with Crippen molar-refractivity contribution in [3.05, 3.63) is 0 Å². The quantitative estimate of drug-likeness (QED) is 0.753. The normalized spacial score (nSPS) is 35.0. The molecule has 1 N–H and O–H groups in total. The maximum Gasteiger partial charge on any atom is 0.0249 e. The van der Waals surface area contributed by atoms with Crippen LogP contribution in [0.4, 0.5) is 0 Å². The summed E-state index contributed by atoms with van der Waals surface area (Å²) in [6.45, 7) is 2.70. The van der Waals surface area contributed by atoms with Crippen LogP contribution in [0.5, 0.6) is 0 Å². The van der Waals surface area contributed by atoms with Gasteiger partial charge in [-0.15, -0.1) is 0 Å². The lowest BCUT2D eigenvalue weighted by molar-refractivity contribution is 0.161. The summed E-state index contributed by atoms with van der Waals surface area (Å²) in [4.78, 5) is 2.77. The van der Waals surface area contributed by atoms with Gasteiger partial charge in [-0.1, -0.05) is 25.7 Å². The topological polar surface area (TPSA) is 15.3 Å². The number of likely N-dealkylation sites (N-methyl/N-ethyl adjacent to an activating group) is 1. The van der Waals surface area contributed by atoms with Gasteiger partial charge in [0.15, 0.2) is 0 Å². The standard InChI is InChI=1S/C13H26N2/c1-14-12-8-7-9-13(12)15-10-5-3-2-4-6-11-15/h12-14H,2-11H2,1H3. The van der Waals surface area contributed by atoms with Crippen molar-refractivity contribution < 1.29 is 0 Å². The first-order valence-corrected chi connectivity index (χ1v) is 6.83. The van der Waals surface area contributed by atoms with Crippen LogP contribution in [0.1, 0.15) is 51.4 Å². The summed E-state index contributed by atoms with van der Waals surface area (Å²) in [5, 5.41) is 3.51. The molecule has 0 aromatic rings. The van der Waals surface area contributed by atoms with Crippen LogP contribution in [0.25, 0.3) is 0 Å². The van der Waals surface area contributed by atoms with Crippen molar-refractivity contribution in [1.82, 2.24) is 10.2 Å². The SMILES string of the molecule is CNC1CCCC1N1CCCCCCC1. The van der Waals surface area contributed by atoms with Crippen LogP contribution in [0.2, 0.25) is 0 Å². The van der Waals surface area contributed by atoms with Gasteiger partial charge in [-0.2, -0.15) is 0 Å². The van der Waals surface area contributed by atoms with Crippen molar-refractivity contribution in [2.45, 2.75) is 63.5 Å². The first-order chi connectivity index (χ1) is 7.42. The first kappa shape index (κ1) is 11.4. The van der Waals surface area contributed by atoms with Gasteiger partial charge in [0.2, 0.25) is 0 Å². The monoisotopic (exact) mass is 210 g/mol. The summed E-state index contributed by atoms with van der Waals surface area (Å²) < 4.78 is 0. The van der Waals surface area contributed by atoms with E-state index in [4.69, 9.17) is 0 Å². The van der Waals surface area contributed by atoms with E-state index in [2.05, 4.69) is 17.3 Å². The highest BCUT2D eigenvalue weighted by atomic mass is 15.2. The molecule has 0 aromatic heterocycles. The molecule has 0 bridgehead atoms. The first-order valence-electron chi connectivity index (χ1n) is 6.83. The Bertz CT molecular complexity index is 173. The molecule has 2 aliphatic rings. The number of likely N-dealkylation sites (tertiary alicyclic amines) is 1. The summed E-state index contributed by atoms with van der Waals surface area (Å²) in [6.07, 6.45) is 11.4. The van der Waals surface area contributed by atoms with E-state index in [0.717, 1.165) is 12.1 Å². The van der Waals surface area contributed by atoms with Gasteiger partial charge in [0, 0.05) is 12.1 Å². The van der Waals surface area contributed by atoms with Crippen LogP contribution >= 0.6 is 0 Å². The Kier molecular flexibility index (Phi) is 4.45. The minimum absolute atomic E-state index is 0.768. The Morgan fingerprint density at radius 2 is 1.53 bits per heavy atom. The molecular weight excluding hydrogens is 184 g/mol. The summed E-state index contributed by atoms with van der Waals surface area (Å²) in [6, 6.07) is 1.61. The van der Waals surface area contributed by atoms with Crippen molar-refractivity contribution in [2.24, 2.45) is 0 Å². The van der Waals surface area contributed by atoms with Crippen LogP contribution < -0.4 is 5.32 Å². The zero-order valence-corrected chi connectivity index (χ0v) is 10.2. The minimum Gasteiger partial charge on any atom is -0.315 e. The number of nitrogens with one attached hydrogen (secondary N) is 1. The second kappa shape index (κ2) is 5.86. The highest BCUT2D eigenvalue weighted by molar-refractivity contribution is 4.89. The molecule has 2 fully saturated rings. The maximum atomic E-state index is 3.51. The molecule has 1 aliphatic carbocycles. The largest absolute Gasteiger partial charge is 0.315 e. The minimum atomic E-state index is 0.768. The van der Waals surface area contributed by atoms with E-state index in [1.165, 1.54) is 64.5 Å². The van der Waals surface area contributed by atoms with Crippen molar-refractivity contribution in [3.8, 4) is 0 Å². The van der Waals surface area contributed by atoms with Gasteiger partial charge in [0.1, 0.15) is 0 Å². The van der Waals surface area contributed by atoms with Crippen molar-refractivity contribution in [3.63, 3.8) is 0 Å². The maximum absolute atomic E-state index is 3.51. The molecule has 2 rings (SSSR count). The fraction of sp³-hybridized carbons (Fsp3) is 1.00. The molecule has 0 amide bonds. The van der Waals surface area contributed by atoms with Crippen LogP contribution in [0.15, 0.2) is 0 Å². The lowest BCUT2D eigenvalue weighted by Gasteiger charge is -2.34. The Labute approximate surface area is 94.4 Å². The van der Waals surface area contributed by atoms with Gasteiger partial charge in [-0.25, -0.2) is 0 Å². The third kappa shape index (κ3) is 2.94. The molecule has 0 aromatic carbocycles. The third-order valence-electron chi connectivity index (χ3n) is 4.21. The zero-order chi connectivity index (χ0) is 10.5. The summed E-state index contributed by atoms with van der Waals surface area (Å²) in [5.74, 6) is 0. The van der Waals surface area contributed by atoms with Crippen molar-refractivity contribution >= 4 is 0 Å². The highest BCUT2D eigenvalue weighted by Gasteiger charge is 2.30. The van der Waals surface area contributed by atoms with Gasteiger partial charge >= 0.3 is 0 Å². The number of nitrogens with zero attached hydrogens (tertiary/aromatic N) is 1. The lowest BCUT2D eigenvalue weighted by Crippen LogP contribution is -2.46. The number of rotatable bonds is 2. The Balaban J connectivity index is 1.88. The molecule has 1 saturated heterocycles. The number of hydrogen-bond acceptors (Lipinski definition) is 2. The molecule has 2 atom stereocenters. The Morgan fingerprint density at radius 1 is 0.867 bits per heavy atom. The van der Waals surface area contributed by atoms with Crippen LogP contribution in [0, 0.1) is 0 Å². The fourth-order valence-electron chi connectivity index (χ4n) is 3.32. The van der Waals surface area contributed by atoms with Gasteiger partial charge in [0.25, 0.3) is 0 Å². The van der Waals surface area contributed by atoms with Crippen molar-refractivity contribution in [2.75, 3.05) is 20.1 Å². The van der Waals surface area contributed by atoms with Crippen LogP contribution in [-0.2, 0) is 0 Å². The Morgan fingerprint density at radius 3 is 2.20 bits per heavy atom. The van der Waals surface area contributed by atoms with Gasteiger partial charge in [-0.05, 0) is 45.8 Å². The molecule has 2 unspecified atom stereocenters. The molecule has 0 radical (unpaired) electrons. The smallest absolute Gasteiger partial charge is 0.0249 e. The molecule has 15 heavy (non-hydrogen) atoms. The van der Waals surface area contributed by atoms with E-state index in [0.29, 0.717) is 0 Å². The van der Waals surface area contributed by atoms with Gasteiger partial charge in [0.05, 0.1) is 0 Å². The van der Waals surface area contributed by atoms with E-state index >= 15 is 0 Å². The number of hydrogen-bond donors (Lipinski definition) is 1. The van der Waals surface area contributed by atoms with E-state index in [9.17, 15) is 0 Å². The molecule has 88 valence electrons. The third-order valence-corrected chi connectivity index (χ3v) is 4.21. The molecule has 1 aliphatic heterocycles. The van der Waals surface area contributed by atoms with E-state index in [-0.39, 0.29) is 0 Å². The van der Waals surface area contributed by atoms with Crippen molar-refractivity contribution in [1.29, 1.82) is 0 Å². The van der Waals surface area contributed by atoms with Crippen LogP contribution in [-0.4, -0.2) is 37.1 Å². The van der Waals surface area contributed by atoms with E-state index in [1.54, 1.807) is 0 Å². The zero-order valence-electron chi connectivity index (χ0n) is 10.2. The molecule has 2 heteroatoms. The average Bonchev–Trinajstić information content (AvgIpc) is 2.65. The summed E-state index contributed by atoms with van der Waals surface area (Å²) >= 11 is 0. The average molecular weight is 210 g/mol. The molecule has 2 nitrogen and oxygen atoms in total. The van der Waals surface area contributed by atoms with Gasteiger partial charge in [-0.3, -0.25) is 4.90 Å². The molecule has 1 heterocycles.